The summed E-state index contributed by atoms with van der Waals surface area (Å²) >= 11 is 0. The van der Waals surface area contributed by atoms with Gasteiger partial charge in [0.15, 0.2) is 0 Å². The molecule has 0 spiro atoms. The van der Waals surface area contributed by atoms with Crippen molar-refractivity contribution < 1.29 is 31.4 Å². The Kier molecular flexibility index (Phi) is 5.03. The van der Waals surface area contributed by atoms with Gasteiger partial charge in [0.25, 0.3) is 0 Å². The maximum Gasteiger partial charge on any atom is 0.416 e. The molecule has 0 unspecified atom stereocenters. The van der Waals surface area contributed by atoms with Crippen LogP contribution < -0.4 is 0 Å². The zero-order valence-electron chi connectivity index (χ0n) is 12.1. The molecule has 0 saturated carbocycles. The van der Waals surface area contributed by atoms with Crippen molar-refractivity contribution in [3.63, 3.8) is 0 Å². The molecule has 0 aromatic heterocycles. The summed E-state index contributed by atoms with van der Waals surface area (Å²) in [4.78, 5) is 0. The van der Waals surface area contributed by atoms with Gasteiger partial charge in [0.1, 0.15) is 0 Å². The molecule has 2 aromatic carbocycles. The lowest BCUT2D eigenvalue weighted by molar-refractivity contribution is -0.145. The van der Waals surface area contributed by atoms with Gasteiger partial charge in [0.2, 0.25) is 0 Å². The number of aliphatic hydroxyl groups excluding tert-OH is 1. The molecule has 0 bridgehead atoms. The summed E-state index contributed by atoms with van der Waals surface area (Å²) in [6.45, 7) is 0. The fourth-order valence-corrected chi connectivity index (χ4v) is 2.24. The first-order valence-corrected chi connectivity index (χ1v) is 6.79. The molecule has 1 N–H and O–H groups in total. The lowest BCUT2D eigenvalue weighted by Crippen LogP contribution is -2.18. The van der Waals surface area contributed by atoms with Crippen LogP contribution in [0.2, 0.25) is 0 Å². The van der Waals surface area contributed by atoms with Crippen molar-refractivity contribution in [2.75, 3.05) is 0 Å². The minimum Gasteiger partial charge on any atom is -0.384 e. The minimum absolute atomic E-state index is 0.518. The molecular formula is C17H12F6O. The van der Waals surface area contributed by atoms with Gasteiger partial charge in [-0.15, -0.1) is 0 Å². The Labute approximate surface area is 133 Å². The summed E-state index contributed by atoms with van der Waals surface area (Å²) in [6.07, 6.45) is -9.93. The van der Waals surface area contributed by atoms with Crippen LogP contribution in [0.3, 0.4) is 0 Å². The number of hydrogen-bond acceptors (Lipinski definition) is 1. The Hall–Kier alpha value is -2.28. The fourth-order valence-electron chi connectivity index (χ4n) is 2.24. The standard InChI is InChI=1S/C17H12F6O/c18-16(19,20)12-7-4-8-13(17(21,22)23)15(12)14(24)10-9-11-5-2-1-3-6-11/h1-10,14,24H/b10-9+/t14-/m0/s1. The molecule has 2 rings (SSSR count). The second-order valence-corrected chi connectivity index (χ2v) is 4.98. The number of benzene rings is 2. The summed E-state index contributed by atoms with van der Waals surface area (Å²) in [6, 6.07) is 9.91. The lowest BCUT2D eigenvalue weighted by atomic mass is 9.94. The second kappa shape index (κ2) is 6.68. The van der Waals surface area contributed by atoms with E-state index < -0.39 is 35.1 Å². The fraction of sp³-hybridized carbons (Fsp3) is 0.176. The molecule has 0 saturated heterocycles. The molecule has 2 aromatic rings. The molecular weight excluding hydrogens is 334 g/mol. The van der Waals surface area contributed by atoms with Crippen LogP contribution in [0, 0.1) is 0 Å². The SMILES string of the molecule is O[C@@H](/C=C/c1ccccc1)c1c(C(F)(F)F)cccc1C(F)(F)F. The van der Waals surface area contributed by atoms with E-state index in [1.807, 2.05) is 0 Å². The second-order valence-electron chi connectivity index (χ2n) is 4.98. The molecule has 7 heteroatoms. The van der Waals surface area contributed by atoms with Gasteiger partial charge >= 0.3 is 12.4 Å². The lowest BCUT2D eigenvalue weighted by Gasteiger charge is -2.20. The number of halogens is 6. The number of hydrogen-bond donors (Lipinski definition) is 1. The first kappa shape index (κ1) is 18.1. The average molecular weight is 346 g/mol. The van der Waals surface area contributed by atoms with E-state index in [2.05, 4.69) is 0 Å². The van der Waals surface area contributed by atoms with E-state index in [0.717, 1.165) is 6.08 Å². The van der Waals surface area contributed by atoms with E-state index in [1.165, 1.54) is 6.08 Å². The number of rotatable bonds is 3. The Bertz CT molecular complexity index is 684. The van der Waals surface area contributed by atoms with E-state index in [9.17, 15) is 31.4 Å². The van der Waals surface area contributed by atoms with Crippen LogP contribution in [0.4, 0.5) is 26.3 Å². The molecule has 0 heterocycles. The van der Waals surface area contributed by atoms with Crippen molar-refractivity contribution in [3.05, 3.63) is 76.9 Å². The quantitative estimate of drug-likeness (QED) is 0.731. The highest BCUT2D eigenvalue weighted by Gasteiger charge is 2.41. The molecule has 1 nitrogen and oxygen atoms in total. The minimum atomic E-state index is -5.02. The molecule has 1 atom stereocenters. The molecule has 0 aliphatic rings. The van der Waals surface area contributed by atoms with Gasteiger partial charge in [-0.1, -0.05) is 48.6 Å². The first-order chi connectivity index (χ1) is 11.1. The van der Waals surface area contributed by atoms with Crippen LogP contribution >= 0.6 is 0 Å². The van der Waals surface area contributed by atoms with Crippen molar-refractivity contribution in [1.82, 2.24) is 0 Å². The van der Waals surface area contributed by atoms with Crippen LogP contribution in [0.5, 0.6) is 0 Å². The maximum absolute atomic E-state index is 13.0. The largest absolute Gasteiger partial charge is 0.416 e. The van der Waals surface area contributed by atoms with Crippen LogP contribution in [0.1, 0.15) is 28.4 Å². The predicted octanol–water partition coefficient (Wildman–Crippen LogP) is 5.47. The van der Waals surface area contributed by atoms with Gasteiger partial charge in [-0.3, -0.25) is 0 Å². The average Bonchev–Trinajstić information content (AvgIpc) is 2.51. The maximum atomic E-state index is 13.0. The summed E-state index contributed by atoms with van der Waals surface area (Å²) in [5.41, 5.74) is -3.69. The van der Waals surface area contributed by atoms with Gasteiger partial charge in [-0.25, -0.2) is 0 Å². The van der Waals surface area contributed by atoms with Crippen molar-refractivity contribution in [2.24, 2.45) is 0 Å². The van der Waals surface area contributed by atoms with Crippen molar-refractivity contribution >= 4 is 6.08 Å². The Morgan fingerprint density at radius 1 is 0.750 bits per heavy atom. The van der Waals surface area contributed by atoms with Crippen LogP contribution in [-0.2, 0) is 12.4 Å². The van der Waals surface area contributed by atoms with E-state index in [1.54, 1.807) is 30.3 Å². The van der Waals surface area contributed by atoms with E-state index in [4.69, 9.17) is 0 Å². The van der Waals surface area contributed by atoms with Gasteiger partial charge in [-0.2, -0.15) is 26.3 Å². The van der Waals surface area contributed by atoms with Crippen molar-refractivity contribution in [3.8, 4) is 0 Å². The Balaban J connectivity index is 2.52. The predicted molar refractivity (Wildman–Crippen MR) is 76.9 cm³/mol. The van der Waals surface area contributed by atoms with E-state index in [-0.39, 0.29) is 0 Å². The number of aliphatic hydroxyl groups is 1. The molecule has 0 aliphatic carbocycles. The third kappa shape index (κ3) is 4.17. The highest BCUT2D eigenvalue weighted by atomic mass is 19.4. The van der Waals surface area contributed by atoms with Crippen molar-refractivity contribution in [2.45, 2.75) is 18.5 Å². The van der Waals surface area contributed by atoms with Crippen molar-refractivity contribution in [1.29, 1.82) is 0 Å². The Morgan fingerprint density at radius 2 is 1.25 bits per heavy atom. The molecule has 0 radical (unpaired) electrons. The van der Waals surface area contributed by atoms with Gasteiger partial charge in [0.05, 0.1) is 17.2 Å². The van der Waals surface area contributed by atoms with E-state index >= 15 is 0 Å². The molecule has 0 amide bonds. The highest BCUT2D eigenvalue weighted by molar-refractivity contribution is 5.52. The third-order valence-corrected chi connectivity index (χ3v) is 3.28. The third-order valence-electron chi connectivity index (χ3n) is 3.28. The van der Waals surface area contributed by atoms with Crippen LogP contribution in [0.15, 0.2) is 54.6 Å². The van der Waals surface area contributed by atoms with E-state index in [0.29, 0.717) is 23.8 Å². The zero-order chi connectivity index (χ0) is 18.0. The van der Waals surface area contributed by atoms with Gasteiger partial charge in [-0.05, 0) is 17.7 Å². The molecule has 24 heavy (non-hydrogen) atoms. The summed E-state index contributed by atoms with van der Waals surface area (Å²) in [7, 11) is 0. The zero-order valence-corrected chi connectivity index (χ0v) is 12.1. The molecule has 128 valence electrons. The van der Waals surface area contributed by atoms with Crippen LogP contribution in [-0.4, -0.2) is 5.11 Å². The molecule has 0 aliphatic heterocycles. The summed E-state index contributed by atoms with van der Waals surface area (Å²) < 4.78 is 78.2. The normalized spacial score (nSPS) is 14.1. The van der Waals surface area contributed by atoms with Crippen LogP contribution in [0.25, 0.3) is 6.08 Å². The summed E-state index contributed by atoms with van der Waals surface area (Å²) in [5, 5.41) is 9.98. The van der Waals surface area contributed by atoms with Gasteiger partial charge in [0, 0.05) is 5.56 Å². The monoisotopic (exact) mass is 346 g/mol. The Morgan fingerprint density at radius 3 is 1.71 bits per heavy atom. The smallest absolute Gasteiger partial charge is 0.384 e. The first-order valence-electron chi connectivity index (χ1n) is 6.79. The topological polar surface area (TPSA) is 20.2 Å². The number of alkyl halides is 6. The van der Waals surface area contributed by atoms with Gasteiger partial charge < -0.3 is 5.11 Å². The summed E-state index contributed by atoms with van der Waals surface area (Å²) in [5.74, 6) is 0. The molecule has 0 fully saturated rings. The highest BCUT2D eigenvalue weighted by Crippen LogP contribution is 2.42.